The van der Waals surface area contributed by atoms with Gasteiger partial charge in [-0.2, -0.15) is 0 Å². The summed E-state index contributed by atoms with van der Waals surface area (Å²) in [7, 11) is 0. The molecule has 0 fully saturated rings. The van der Waals surface area contributed by atoms with Crippen molar-refractivity contribution in [1.82, 2.24) is 15.3 Å². The number of pyridine rings is 2. The first kappa shape index (κ1) is 16.8. The zero-order chi connectivity index (χ0) is 18.5. The maximum absolute atomic E-state index is 12.3. The molecule has 0 unspecified atom stereocenters. The number of nitrogens with zero attached hydrogens (tertiary/aromatic N) is 2. The van der Waals surface area contributed by atoms with E-state index in [4.69, 9.17) is 9.47 Å². The molecule has 1 aliphatic heterocycles. The number of hydrogen-bond donors (Lipinski definition) is 2. The molecule has 136 valence electrons. The van der Waals surface area contributed by atoms with Gasteiger partial charge in [-0.15, -0.1) is 0 Å². The molecule has 3 heterocycles. The maximum Gasteiger partial charge on any atom is 0.251 e. The highest BCUT2D eigenvalue weighted by molar-refractivity contribution is 5.94. The Kier molecular flexibility index (Phi) is 4.82. The third-order valence-corrected chi connectivity index (χ3v) is 4.09. The van der Waals surface area contributed by atoms with Gasteiger partial charge in [0.05, 0.1) is 12.2 Å². The Morgan fingerprint density at radius 1 is 0.963 bits per heavy atom. The first-order chi connectivity index (χ1) is 13.3. The van der Waals surface area contributed by atoms with Gasteiger partial charge in [0.25, 0.3) is 5.91 Å². The van der Waals surface area contributed by atoms with Crippen molar-refractivity contribution < 1.29 is 14.3 Å². The summed E-state index contributed by atoms with van der Waals surface area (Å²) in [6.45, 7) is 1.19. The van der Waals surface area contributed by atoms with Crippen molar-refractivity contribution in [3.05, 3.63) is 77.7 Å². The van der Waals surface area contributed by atoms with Gasteiger partial charge in [-0.05, 0) is 42.0 Å². The molecule has 0 spiro atoms. The van der Waals surface area contributed by atoms with E-state index in [2.05, 4.69) is 20.6 Å². The number of anilines is 1. The van der Waals surface area contributed by atoms with Crippen LogP contribution < -0.4 is 20.1 Å². The second kappa shape index (κ2) is 7.74. The lowest BCUT2D eigenvalue weighted by Gasteiger charge is -2.09. The maximum atomic E-state index is 12.3. The average molecular weight is 362 g/mol. The molecular weight excluding hydrogens is 344 g/mol. The van der Waals surface area contributed by atoms with Crippen molar-refractivity contribution >= 4 is 11.7 Å². The molecule has 3 aromatic rings. The van der Waals surface area contributed by atoms with Crippen LogP contribution in [0.5, 0.6) is 11.5 Å². The van der Waals surface area contributed by atoms with Crippen LogP contribution in [0.15, 0.2) is 60.9 Å². The van der Waals surface area contributed by atoms with Crippen LogP contribution in [0.2, 0.25) is 0 Å². The molecule has 0 aliphatic carbocycles. The number of rotatable bonds is 6. The Morgan fingerprint density at radius 2 is 1.89 bits per heavy atom. The lowest BCUT2D eigenvalue weighted by atomic mass is 10.2. The van der Waals surface area contributed by atoms with Gasteiger partial charge in [-0.3, -0.25) is 9.78 Å². The minimum Gasteiger partial charge on any atom is -0.454 e. The molecule has 2 aromatic heterocycles. The zero-order valence-corrected chi connectivity index (χ0v) is 14.5. The molecule has 7 heteroatoms. The van der Waals surface area contributed by atoms with Gasteiger partial charge in [-0.1, -0.05) is 12.1 Å². The van der Waals surface area contributed by atoms with Crippen LogP contribution in [-0.4, -0.2) is 22.7 Å². The van der Waals surface area contributed by atoms with Gasteiger partial charge in [0, 0.05) is 24.5 Å². The van der Waals surface area contributed by atoms with E-state index in [9.17, 15) is 4.79 Å². The van der Waals surface area contributed by atoms with Gasteiger partial charge in [0.15, 0.2) is 11.5 Å². The summed E-state index contributed by atoms with van der Waals surface area (Å²) < 4.78 is 10.7. The van der Waals surface area contributed by atoms with E-state index in [0.717, 1.165) is 22.8 Å². The van der Waals surface area contributed by atoms with E-state index >= 15 is 0 Å². The molecular formula is C20H18N4O3. The average Bonchev–Trinajstić information content (AvgIpc) is 3.19. The number of carbonyl (C=O) groups excluding carboxylic acids is 1. The lowest BCUT2D eigenvalue weighted by molar-refractivity contribution is 0.0950. The summed E-state index contributed by atoms with van der Waals surface area (Å²) in [5.74, 6) is 1.95. The minimum absolute atomic E-state index is 0.172. The summed E-state index contributed by atoms with van der Waals surface area (Å²) >= 11 is 0. The van der Waals surface area contributed by atoms with Gasteiger partial charge in [-0.25, -0.2) is 4.98 Å². The predicted molar refractivity (Wildman–Crippen MR) is 99.5 cm³/mol. The van der Waals surface area contributed by atoms with Crippen molar-refractivity contribution in [1.29, 1.82) is 0 Å². The van der Waals surface area contributed by atoms with Gasteiger partial charge in [0.2, 0.25) is 6.79 Å². The Hall–Kier alpha value is -3.61. The number of carbonyl (C=O) groups is 1. The third-order valence-electron chi connectivity index (χ3n) is 4.09. The lowest BCUT2D eigenvalue weighted by Crippen LogP contribution is -2.23. The van der Waals surface area contributed by atoms with E-state index in [1.165, 1.54) is 0 Å². The van der Waals surface area contributed by atoms with Crippen molar-refractivity contribution in [3.8, 4) is 11.5 Å². The fourth-order valence-corrected chi connectivity index (χ4v) is 2.69. The van der Waals surface area contributed by atoms with Crippen LogP contribution in [0.4, 0.5) is 5.82 Å². The fourth-order valence-electron chi connectivity index (χ4n) is 2.69. The predicted octanol–water partition coefficient (Wildman–Crippen LogP) is 2.75. The van der Waals surface area contributed by atoms with Crippen molar-refractivity contribution in [2.45, 2.75) is 13.1 Å². The van der Waals surface area contributed by atoms with E-state index < -0.39 is 0 Å². The molecule has 0 atom stereocenters. The van der Waals surface area contributed by atoms with E-state index in [1.54, 1.807) is 24.5 Å². The Balaban J connectivity index is 1.36. The SMILES string of the molecule is O=C(NCc1ccccn1)c1ccnc(NCc2ccc3c(c2)OCO3)c1. The van der Waals surface area contributed by atoms with E-state index in [-0.39, 0.29) is 12.7 Å². The third kappa shape index (κ3) is 4.14. The van der Waals surface area contributed by atoms with Crippen LogP contribution in [0.1, 0.15) is 21.6 Å². The highest BCUT2D eigenvalue weighted by Crippen LogP contribution is 2.32. The quantitative estimate of drug-likeness (QED) is 0.701. The summed E-state index contributed by atoms with van der Waals surface area (Å²) in [5, 5.41) is 6.08. The van der Waals surface area contributed by atoms with Crippen LogP contribution in [-0.2, 0) is 13.1 Å². The molecule has 7 nitrogen and oxygen atoms in total. The Bertz CT molecular complexity index is 947. The molecule has 1 amide bonds. The second-order valence-corrected chi connectivity index (χ2v) is 5.97. The van der Waals surface area contributed by atoms with Crippen LogP contribution >= 0.6 is 0 Å². The molecule has 1 aromatic carbocycles. The fraction of sp³-hybridized carbons (Fsp3) is 0.150. The summed E-state index contributed by atoms with van der Waals surface area (Å²) in [6, 6.07) is 14.8. The van der Waals surface area contributed by atoms with Crippen LogP contribution in [0.25, 0.3) is 0 Å². The highest BCUT2D eigenvalue weighted by Gasteiger charge is 2.13. The number of aromatic nitrogens is 2. The Labute approximate surface area is 156 Å². The Morgan fingerprint density at radius 3 is 2.78 bits per heavy atom. The largest absolute Gasteiger partial charge is 0.454 e. The number of benzene rings is 1. The molecule has 0 saturated heterocycles. The first-order valence-corrected chi connectivity index (χ1v) is 8.54. The number of fused-ring (bicyclic) bond motifs is 1. The van der Waals surface area contributed by atoms with E-state index in [0.29, 0.717) is 24.5 Å². The second-order valence-electron chi connectivity index (χ2n) is 5.97. The zero-order valence-electron chi connectivity index (χ0n) is 14.5. The van der Waals surface area contributed by atoms with Crippen LogP contribution in [0.3, 0.4) is 0 Å². The van der Waals surface area contributed by atoms with Crippen molar-refractivity contribution in [2.24, 2.45) is 0 Å². The van der Waals surface area contributed by atoms with E-state index in [1.807, 2.05) is 36.4 Å². The van der Waals surface area contributed by atoms with Crippen molar-refractivity contribution in [3.63, 3.8) is 0 Å². The van der Waals surface area contributed by atoms with Crippen molar-refractivity contribution in [2.75, 3.05) is 12.1 Å². The molecule has 0 bridgehead atoms. The van der Waals surface area contributed by atoms with Gasteiger partial charge >= 0.3 is 0 Å². The van der Waals surface area contributed by atoms with Crippen LogP contribution in [0, 0.1) is 0 Å². The first-order valence-electron chi connectivity index (χ1n) is 8.54. The topological polar surface area (TPSA) is 85.4 Å². The smallest absolute Gasteiger partial charge is 0.251 e. The monoisotopic (exact) mass is 362 g/mol. The molecule has 0 saturated carbocycles. The number of amides is 1. The standard InChI is InChI=1S/C20H18N4O3/c25-20(24-12-16-3-1-2-7-21-16)15-6-8-22-19(10-15)23-11-14-4-5-17-18(9-14)27-13-26-17/h1-10H,11-13H2,(H,22,23)(H,24,25). The minimum atomic E-state index is -0.172. The summed E-state index contributed by atoms with van der Waals surface area (Å²) in [6.07, 6.45) is 3.31. The molecule has 1 aliphatic rings. The highest BCUT2D eigenvalue weighted by atomic mass is 16.7. The number of ether oxygens (including phenoxy) is 2. The summed E-state index contributed by atoms with van der Waals surface area (Å²) in [5.41, 5.74) is 2.38. The van der Waals surface area contributed by atoms with Gasteiger partial charge < -0.3 is 20.1 Å². The number of hydrogen-bond acceptors (Lipinski definition) is 6. The summed E-state index contributed by atoms with van der Waals surface area (Å²) in [4.78, 5) is 20.8. The molecule has 4 rings (SSSR count). The normalized spacial score (nSPS) is 11.9. The number of nitrogens with one attached hydrogen (secondary N) is 2. The molecule has 2 N–H and O–H groups in total. The molecule has 0 radical (unpaired) electrons. The van der Waals surface area contributed by atoms with Gasteiger partial charge in [0.1, 0.15) is 5.82 Å². The molecule has 27 heavy (non-hydrogen) atoms.